The Morgan fingerprint density at radius 2 is 1.88 bits per heavy atom. The zero-order chi connectivity index (χ0) is 12.4. The number of hydrogen-bond donors (Lipinski definition) is 1. The lowest BCUT2D eigenvalue weighted by atomic mass is 9.74. The smallest absolute Gasteiger partial charge is 0.0597 e. The van der Waals surface area contributed by atoms with Gasteiger partial charge in [0.2, 0.25) is 0 Å². The van der Waals surface area contributed by atoms with Gasteiger partial charge in [0.15, 0.2) is 0 Å². The summed E-state index contributed by atoms with van der Waals surface area (Å²) in [6.45, 7) is 10.2. The molecule has 5 unspecified atom stereocenters. The highest BCUT2D eigenvalue weighted by atomic mass is 16.5. The highest BCUT2D eigenvalue weighted by molar-refractivity contribution is 4.93. The van der Waals surface area contributed by atoms with Crippen LogP contribution in [0.4, 0.5) is 0 Å². The van der Waals surface area contributed by atoms with Gasteiger partial charge in [-0.2, -0.15) is 0 Å². The highest BCUT2D eigenvalue weighted by Crippen LogP contribution is 2.39. The molecule has 1 saturated heterocycles. The minimum Gasteiger partial charge on any atom is -0.375 e. The highest BCUT2D eigenvalue weighted by Gasteiger charge is 2.42. The van der Waals surface area contributed by atoms with Crippen LogP contribution in [0.15, 0.2) is 0 Å². The van der Waals surface area contributed by atoms with Crippen molar-refractivity contribution in [2.75, 3.05) is 6.54 Å². The maximum atomic E-state index is 6.01. The van der Waals surface area contributed by atoms with Gasteiger partial charge in [-0.05, 0) is 38.6 Å². The molecule has 2 fully saturated rings. The molecule has 2 heteroatoms. The Morgan fingerprint density at radius 1 is 1.18 bits per heavy atom. The molecule has 0 aromatic rings. The molecule has 2 nitrogen and oxygen atoms in total. The van der Waals surface area contributed by atoms with Crippen LogP contribution in [0.3, 0.4) is 0 Å². The monoisotopic (exact) mass is 239 g/mol. The van der Waals surface area contributed by atoms with Crippen LogP contribution in [0.5, 0.6) is 0 Å². The SMILES string of the molecule is CCNC(CC1CCC1)C1C(C)OC(C)C1C. The maximum absolute atomic E-state index is 6.01. The first kappa shape index (κ1) is 13.4. The van der Waals surface area contributed by atoms with Gasteiger partial charge in [0.05, 0.1) is 12.2 Å². The zero-order valence-corrected chi connectivity index (χ0v) is 11.9. The van der Waals surface area contributed by atoms with Crippen LogP contribution in [-0.4, -0.2) is 24.8 Å². The van der Waals surface area contributed by atoms with E-state index >= 15 is 0 Å². The molecule has 1 aliphatic carbocycles. The van der Waals surface area contributed by atoms with Crippen LogP contribution in [0, 0.1) is 17.8 Å². The zero-order valence-electron chi connectivity index (χ0n) is 11.9. The van der Waals surface area contributed by atoms with E-state index in [0.29, 0.717) is 30.1 Å². The van der Waals surface area contributed by atoms with E-state index in [2.05, 4.69) is 33.0 Å². The fourth-order valence-electron chi connectivity index (χ4n) is 3.71. The van der Waals surface area contributed by atoms with E-state index in [9.17, 15) is 0 Å². The summed E-state index contributed by atoms with van der Waals surface area (Å²) in [7, 11) is 0. The molecule has 2 aliphatic rings. The molecule has 2 rings (SSSR count). The van der Waals surface area contributed by atoms with Crippen molar-refractivity contribution in [3.8, 4) is 0 Å². The Balaban J connectivity index is 1.97. The van der Waals surface area contributed by atoms with Crippen LogP contribution < -0.4 is 5.32 Å². The van der Waals surface area contributed by atoms with Gasteiger partial charge in [0.25, 0.3) is 0 Å². The van der Waals surface area contributed by atoms with Crippen molar-refractivity contribution >= 4 is 0 Å². The maximum Gasteiger partial charge on any atom is 0.0597 e. The summed E-state index contributed by atoms with van der Waals surface area (Å²) in [6, 6.07) is 0.667. The van der Waals surface area contributed by atoms with Gasteiger partial charge in [-0.3, -0.25) is 0 Å². The number of hydrogen-bond acceptors (Lipinski definition) is 2. The Labute approximate surface area is 107 Å². The molecule has 1 aliphatic heterocycles. The lowest BCUT2D eigenvalue weighted by Gasteiger charge is -2.35. The fourth-order valence-corrected chi connectivity index (χ4v) is 3.71. The van der Waals surface area contributed by atoms with Crippen molar-refractivity contribution in [3.05, 3.63) is 0 Å². The van der Waals surface area contributed by atoms with E-state index in [1.807, 2.05) is 0 Å². The molecular formula is C15H29NO. The summed E-state index contributed by atoms with van der Waals surface area (Å²) in [5, 5.41) is 3.73. The molecule has 0 bridgehead atoms. The van der Waals surface area contributed by atoms with E-state index < -0.39 is 0 Å². The standard InChI is InChI=1S/C15H29NO/c1-5-16-14(9-13-7-6-8-13)15-10(2)11(3)17-12(15)4/h10-16H,5-9H2,1-4H3. The quantitative estimate of drug-likeness (QED) is 0.795. The predicted molar refractivity (Wildman–Crippen MR) is 72.1 cm³/mol. The Morgan fingerprint density at radius 3 is 2.29 bits per heavy atom. The first-order valence-electron chi connectivity index (χ1n) is 7.52. The van der Waals surface area contributed by atoms with Crippen LogP contribution >= 0.6 is 0 Å². The van der Waals surface area contributed by atoms with E-state index in [0.717, 1.165) is 12.5 Å². The molecule has 0 aromatic heterocycles. The number of rotatable bonds is 5. The van der Waals surface area contributed by atoms with E-state index in [4.69, 9.17) is 4.74 Å². The first-order valence-corrected chi connectivity index (χ1v) is 7.52. The minimum atomic E-state index is 0.420. The van der Waals surface area contributed by atoms with Crippen LogP contribution in [0.25, 0.3) is 0 Å². The van der Waals surface area contributed by atoms with Crippen molar-refractivity contribution in [2.24, 2.45) is 17.8 Å². The molecule has 0 amide bonds. The first-order chi connectivity index (χ1) is 8.13. The summed E-state index contributed by atoms with van der Waals surface area (Å²) in [4.78, 5) is 0. The van der Waals surface area contributed by atoms with Crippen molar-refractivity contribution in [2.45, 2.75) is 71.6 Å². The molecule has 0 radical (unpaired) electrons. The molecule has 1 heterocycles. The van der Waals surface area contributed by atoms with E-state index in [-0.39, 0.29) is 0 Å². The lowest BCUT2D eigenvalue weighted by molar-refractivity contribution is 0.0456. The van der Waals surface area contributed by atoms with Crippen LogP contribution in [0.1, 0.15) is 53.4 Å². The second-order valence-electron chi connectivity index (χ2n) is 6.18. The Hall–Kier alpha value is -0.0800. The molecular weight excluding hydrogens is 210 g/mol. The van der Waals surface area contributed by atoms with E-state index in [1.165, 1.54) is 25.7 Å². The van der Waals surface area contributed by atoms with Gasteiger partial charge in [0, 0.05) is 12.0 Å². The van der Waals surface area contributed by atoms with Crippen LogP contribution in [-0.2, 0) is 4.74 Å². The Kier molecular flexibility index (Phi) is 4.48. The molecule has 17 heavy (non-hydrogen) atoms. The van der Waals surface area contributed by atoms with Gasteiger partial charge < -0.3 is 10.1 Å². The van der Waals surface area contributed by atoms with Gasteiger partial charge >= 0.3 is 0 Å². The molecule has 1 N–H and O–H groups in total. The number of nitrogens with one attached hydrogen (secondary N) is 1. The summed E-state index contributed by atoms with van der Waals surface area (Å²) in [6.07, 6.45) is 6.57. The fraction of sp³-hybridized carbons (Fsp3) is 1.00. The molecule has 0 aromatic carbocycles. The van der Waals surface area contributed by atoms with Crippen molar-refractivity contribution < 1.29 is 4.74 Å². The van der Waals surface area contributed by atoms with Crippen LogP contribution in [0.2, 0.25) is 0 Å². The molecule has 0 spiro atoms. The topological polar surface area (TPSA) is 21.3 Å². The second kappa shape index (κ2) is 5.71. The van der Waals surface area contributed by atoms with Gasteiger partial charge in [-0.25, -0.2) is 0 Å². The average molecular weight is 239 g/mol. The summed E-state index contributed by atoms with van der Waals surface area (Å²) < 4.78 is 6.01. The predicted octanol–water partition coefficient (Wildman–Crippen LogP) is 3.21. The normalized spacial score (nSPS) is 40.2. The lowest BCUT2D eigenvalue weighted by Crippen LogP contribution is -2.43. The molecule has 5 atom stereocenters. The second-order valence-corrected chi connectivity index (χ2v) is 6.18. The third-order valence-corrected chi connectivity index (χ3v) is 5.06. The van der Waals surface area contributed by atoms with Gasteiger partial charge in [-0.1, -0.05) is 33.1 Å². The van der Waals surface area contributed by atoms with Gasteiger partial charge in [-0.15, -0.1) is 0 Å². The van der Waals surface area contributed by atoms with Crippen molar-refractivity contribution in [3.63, 3.8) is 0 Å². The third kappa shape index (κ3) is 2.85. The van der Waals surface area contributed by atoms with Crippen molar-refractivity contribution in [1.29, 1.82) is 0 Å². The van der Waals surface area contributed by atoms with Gasteiger partial charge in [0.1, 0.15) is 0 Å². The van der Waals surface area contributed by atoms with E-state index in [1.54, 1.807) is 0 Å². The number of ether oxygens (including phenoxy) is 1. The average Bonchev–Trinajstić information content (AvgIpc) is 2.46. The third-order valence-electron chi connectivity index (χ3n) is 5.06. The summed E-state index contributed by atoms with van der Waals surface area (Å²) in [5.74, 6) is 2.37. The van der Waals surface area contributed by atoms with Crippen molar-refractivity contribution in [1.82, 2.24) is 5.32 Å². The molecule has 1 saturated carbocycles. The minimum absolute atomic E-state index is 0.420. The largest absolute Gasteiger partial charge is 0.375 e. The summed E-state index contributed by atoms with van der Waals surface area (Å²) in [5.41, 5.74) is 0. The molecule has 100 valence electrons. The Bertz CT molecular complexity index is 239. The summed E-state index contributed by atoms with van der Waals surface area (Å²) >= 11 is 0.